The predicted molar refractivity (Wildman–Crippen MR) is 58.7 cm³/mol. The van der Waals surface area contributed by atoms with Gasteiger partial charge in [-0.2, -0.15) is 0 Å². The summed E-state index contributed by atoms with van der Waals surface area (Å²) in [5, 5.41) is 2.61. The molecule has 0 aliphatic carbocycles. The van der Waals surface area contributed by atoms with Gasteiger partial charge >= 0.3 is 0 Å². The summed E-state index contributed by atoms with van der Waals surface area (Å²) >= 11 is 1.48. The second kappa shape index (κ2) is 4.24. The van der Waals surface area contributed by atoms with Crippen LogP contribution in [-0.2, 0) is 0 Å². The standard InChI is InChI=1S/C11H11NOS/c1-2-13-10-5-3-9(4-6-10)11-12-7-8-14-11/h3-8H,2H2,1H3/i7D. The fourth-order valence-electron chi connectivity index (χ4n) is 1.19. The van der Waals surface area contributed by atoms with Crippen LogP contribution >= 0.6 is 11.3 Å². The highest BCUT2D eigenvalue weighted by Crippen LogP contribution is 2.23. The molecule has 0 aliphatic heterocycles. The Hall–Kier alpha value is -1.35. The highest BCUT2D eigenvalue weighted by molar-refractivity contribution is 7.13. The molecular weight excluding hydrogens is 194 g/mol. The van der Waals surface area contributed by atoms with Crippen LogP contribution in [-0.4, -0.2) is 11.6 Å². The van der Waals surface area contributed by atoms with Gasteiger partial charge in [0.25, 0.3) is 0 Å². The van der Waals surface area contributed by atoms with Crippen LogP contribution in [0.4, 0.5) is 0 Å². The van der Waals surface area contributed by atoms with E-state index in [1.807, 2.05) is 31.2 Å². The molecule has 0 bridgehead atoms. The first-order valence-electron chi connectivity index (χ1n) is 4.95. The minimum absolute atomic E-state index is 0.323. The van der Waals surface area contributed by atoms with E-state index in [2.05, 4.69) is 4.98 Å². The third-order valence-corrected chi connectivity index (χ3v) is 2.58. The Morgan fingerprint density at radius 3 is 2.79 bits per heavy atom. The lowest BCUT2D eigenvalue weighted by Gasteiger charge is -2.02. The minimum atomic E-state index is 0.323. The molecule has 3 heteroatoms. The normalized spacial score (nSPS) is 11.1. The molecule has 0 saturated heterocycles. The van der Waals surface area contributed by atoms with Crippen LogP contribution in [0.5, 0.6) is 5.75 Å². The zero-order valence-corrected chi connectivity index (χ0v) is 8.67. The van der Waals surface area contributed by atoms with Crippen molar-refractivity contribution >= 4 is 11.3 Å². The van der Waals surface area contributed by atoms with Gasteiger partial charge in [-0.3, -0.25) is 0 Å². The van der Waals surface area contributed by atoms with E-state index in [-0.39, 0.29) is 0 Å². The molecule has 0 saturated carbocycles. The maximum atomic E-state index is 7.35. The van der Waals surface area contributed by atoms with Gasteiger partial charge in [-0.15, -0.1) is 11.3 Å². The Kier molecular flexibility index (Phi) is 2.42. The van der Waals surface area contributed by atoms with Crippen molar-refractivity contribution in [1.82, 2.24) is 4.98 Å². The molecule has 1 heterocycles. The number of hydrogen-bond acceptors (Lipinski definition) is 3. The number of nitrogens with zero attached hydrogens (tertiary/aromatic N) is 1. The topological polar surface area (TPSA) is 22.1 Å². The summed E-state index contributed by atoms with van der Waals surface area (Å²) in [5.41, 5.74) is 1.03. The summed E-state index contributed by atoms with van der Waals surface area (Å²) in [7, 11) is 0. The zero-order chi connectivity index (χ0) is 10.7. The molecule has 0 fully saturated rings. The number of hydrogen-bond donors (Lipinski definition) is 0. The fraction of sp³-hybridized carbons (Fsp3) is 0.182. The molecule has 0 spiro atoms. The zero-order valence-electron chi connectivity index (χ0n) is 8.86. The Balaban J connectivity index is 2.23. The summed E-state index contributed by atoms with van der Waals surface area (Å²) in [6, 6.07) is 7.76. The quantitative estimate of drug-likeness (QED) is 0.769. The summed E-state index contributed by atoms with van der Waals surface area (Å²) in [4.78, 5) is 4.10. The van der Waals surface area contributed by atoms with E-state index in [4.69, 9.17) is 6.11 Å². The second-order valence-corrected chi connectivity index (χ2v) is 3.60. The highest BCUT2D eigenvalue weighted by Gasteiger charge is 1.99. The van der Waals surface area contributed by atoms with Crippen LogP contribution in [0.2, 0.25) is 0 Å². The van der Waals surface area contributed by atoms with Crippen molar-refractivity contribution in [3.05, 3.63) is 35.8 Å². The van der Waals surface area contributed by atoms with Gasteiger partial charge in [0.2, 0.25) is 0 Å². The Morgan fingerprint density at radius 2 is 2.21 bits per heavy atom. The molecule has 0 aliphatic rings. The predicted octanol–water partition coefficient (Wildman–Crippen LogP) is 3.21. The van der Waals surface area contributed by atoms with Gasteiger partial charge in [0, 0.05) is 17.1 Å². The average Bonchev–Trinajstić information content (AvgIpc) is 2.67. The van der Waals surface area contributed by atoms with Crippen molar-refractivity contribution in [2.75, 3.05) is 6.61 Å². The van der Waals surface area contributed by atoms with Gasteiger partial charge in [0.15, 0.2) is 0 Å². The largest absolute Gasteiger partial charge is 0.494 e. The van der Waals surface area contributed by atoms with Gasteiger partial charge < -0.3 is 4.74 Å². The minimum Gasteiger partial charge on any atom is -0.494 e. The number of aromatic nitrogens is 1. The number of ether oxygens (including phenoxy) is 1. The van der Waals surface area contributed by atoms with Crippen molar-refractivity contribution in [2.45, 2.75) is 6.92 Å². The SMILES string of the molecule is [2H]c1csc(-c2ccc(OCC)cc2)n1. The van der Waals surface area contributed by atoms with Gasteiger partial charge in [-0.05, 0) is 31.2 Å². The van der Waals surface area contributed by atoms with Crippen molar-refractivity contribution in [3.8, 4) is 16.3 Å². The maximum Gasteiger partial charge on any atom is 0.123 e. The van der Waals surface area contributed by atoms with Gasteiger partial charge in [0.05, 0.1) is 7.98 Å². The van der Waals surface area contributed by atoms with E-state index in [1.54, 1.807) is 5.38 Å². The Bertz CT molecular complexity index is 438. The van der Waals surface area contributed by atoms with Crippen LogP contribution in [0, 0.1) is 0 Å². The monoisotopic (exact) mass is 206 g/mol. The molecule has 0 atom stereocenters. The summed E-state index contributed by atoms with van der Waals surface area (Å²) in [6.07, 6.45) is 0.323. The van der Waals surface area contributed by atoms with E-state index >= 15 is 0 Å². The summed E-state index contributed by atoms with van der Waals surface area (Å²) < 4.78 is 12.7. The maximum absolute atomic E-state index is 7.35. The van der Waals surface area contributed by atoms with Crippen molar-refractivity contribution in [2.24, 2.45) is 0 Å². The van der Waals surface area contributed by atoms with Gasteiger partial charge in [-0.25, -0.2) is 4.98 Å². The molecule has 1 aromatic carbocycles. The molecule has 0 unspecified atom stereocenters. The first-order chi connectivity index (χ1) is 7.29. The molecule has 2 aromatic rings. The van der Waals surface area contributed by atoms with Crippen molar-refractivity contribution in [3.63, 3.8) is 0 Å². The first-order valence-corrected chi connectivity index (χ1v) is 5.33. The molecule has 72 valence electrons. The van der Waals surface area contributed by atoms with Crippen molar-refractivity contribution in [1.29, 1.82) is 0 Å². The van der Waals surface area contributed by atoms with Crippen LogP contribution in [0.15, 0.2) is 35.8 Å². The third-order valence-electron chi connectivity index (χ3n) is 1.80. The van der Waals surface area contributed by atoms with Crippen molar-refractivity contribution < 1.29 is 6.11 Å². The van der Waals surface area contributed by atoms with Crippen LogP contribution in [0.1, 0.15) is 8.29 Å². The molecule has 0 amide bonds. The van der Waals surface area contributed by atoms with E-state index in [1.165, 1.54) is 11.3 Å². The lowest BCUT2D eigenvalue weighted by molar-refractivity contribution is 0.340. The second-order valence-electron chi connectivity index (χ2n) is 2.74. The number of rotatable bonds is 3. The Labute approximate surface area is 88.6 Å². The third kappa shape index (κ3) is 1.93. The van der Waals surface area contributed by atoms with Crippen LogP contribution in [0.25, 0.3) is 10.6 Å². The first kappa shape index (κ1) is 8.00. The van der Waals surface area contributed by atoms with Crippen LogP contribution in [0.3, 0.4) is 0 Å². The molecule has 1 aromatic heterocycles. The molecule has 2 nitrogen and oxygen atoms in total. The number of thiazole rings is 1. The lowest BCUT2D eigenvalue weighted by atomic mass is 10.2. The Morgan fingerprint density at radius 1 is 1.43 bits per heavy atom. The van der Waals surface area contributed by atoms with E-state index < -0.39 is 0 Å². The molecule has 0 radical (unpaired) electrons. The fourth-order valence-corrected chi connectivity index (χ4v) is 1.78. The van der Waals surface area contributed by atoms with Gasteiger partial charge in [0.1, 0.15) is 10.8 Å². The molecule has 14 heavy (non-hydrogen) atoms. The smallest absolute Gasteiger partial charge is 0.123 e. The average molecular weight is 206 g/mol. The van der Waals surface area contributed by atoms with Crippen LogP contribution < -0.4 is 4.74 Å². The summed E-state index contributed by atoms with van der Waals surface area (Å²) in [5.74, 6) is 0.865. The highest BCUT2D eigenvalue weighted by atomic mass is 32.1. The lowest BCUT2D eigenvalue weighted by Crippen LogP contribution is -1.90. The summed E-state index contributed by atoms with van der Waals surface area (Å²) in [6.45, 7) is 2.63. The number of benzene rings is 1. The van der Waals surface area contributed by atoms with E-state index in [9.17, 15) is 0 Å². The molecule has 0 N–H and O–H groups in total. The van der Waals surface area contributed by atoms with E-state index in [0.717, 1.165) is 16.3 Å². The van der Waals surface area contributed by atoms with E-state index in [0.29, 0.717) is 12.8 Å². The van der Waals surface area contributed by atoms with Gasteiger partial charge in [-0.1, -0.05) is 0 Å². The molecular formula is C11H11NOS. The molecule has 2 rings (SSSR count).